The highest BCUT2D eigenvalue weighted by molar-refractivity contribution is 5.92. The molecule has 90 valence electrons. The Balaban J connectivity index is 2.87. The Labute approximate surface area is 101 Å². The third-order valence-corrected chi connectivity index (χ3v) is 2.13. The van der Waals surface area contributed by atoms with Gasteiger partial charge < -0.3 is 15.2 Å². The molecule has 0 fully saturated rings. The highest BCUT2D eigenvalue weighted by Crippen LogP contribution is 2.18. The van der Waals surface area contributed by atoms with Crippen LogP contribution in [0.2, 0.25) is 0 Å². The number of nitrogens with one attached hydrogen (secondary N) is 1. The first-order valence-corrected chi connectivity index (χ1v) is 5.24. The van der Waals surface area contributed by atoms with E-state index in [0.717, 1.165) is 13.0 Å². The Morgan fingerprint density at radius 3 is 2.94 bits per heavy atom. The van der Waals surface area contributed by atoms with Crippen molar-refractivity contribution in [3.8, 4) is 17.6 Å². The van der Waals surface area contributed by atoms with E-state index in [-0.39, 0.29) is 11.3 Å². The van der Waals surface area contributed by atoms with Gasteiger partial charge in [-0.15, -0.1) is 0 Å². The number of aromatic hydroxyl groups is 1. The second-order valence-electron chi connectivity index (χ2n) is 3.38. The summed E-state index contributed by atoms with van der Waals surface area (Å²) in [5.74, 6) is 5.21. The number of esters is 1. The number of phenolic OH excluding ortho intramolecular Hbond substituents is 1. The first kappa shape index (κ1) is 13.1. The number of phenols is 1. The van der Waals surface area contributed by atoms with Crippen LogP contribution in [0.4, 0.5) is 0 Å². The number of rotatable bonds is 3. The standard InChI is InChI=1S/C13H15NO3/c1-14-8-4-3-5-10-6-7-12(15)11(9-10)13(16)17-2/h6-7,9,14-15H,4,8H2,1-2H3. The van der Waals surface area contributed by atoms with Gasteiger partial charge in [0.2, 0.25) is 0 Å². The van der Waals surface area contributed by atoms with Crippen molar-refractivity contribution in [3.63, 3.8) is 0 Å². The van der Waals surface area contributed by atoms with Crippen LogP contribution >= 0.6 is 0 Å². The molecule has 2 N–H and O–H groups in total. The molecule has 0 radical (unpaired) electrons. The number of hydrogen-bond acceptors (Lipinski definition) is 4. The zero-order valence-corrected chi connectivity index (χ0v) is 9.91. The van der Waals surface area contributed by atoms with Gasteiger partial charge in [0.05, 0.1) is 7.11 Å². The van der Waals surface area contributed by atoms with Crippen LogP contribution in [0.1, 0.15) is 22.3 Å². The van der Waals surface area contributed by atoms with Crippen molar-refractivity contribution in [2.24, 2.45) is 0 Å². The molecule has 0 saturated carbocycles. The van der Waals surface area contributed by atoms with Crippen molar-refractivity contribution >= 4 is 5.97 Å². The Morgan fingerprint density at radius 1 is 1.53 bits per heavy atom. The normalized spacial score (nSPS) is 9.29. The van der Waals surface area contributed by atoms with Gasteiger partial charge in [0.1, 0.15) is 11.3 Å². The molecule has 1 aromatic rings. The lowest BCUT2D eigenvalue weighted by atomic mass is 10.1. The van der Waals surface area contributed by atoms with Gasteiger partial charge in [-0.2, -0.15) is 0 Å². The Bertz CT molecular complexity index is 457. The smallest absolute Gasteiger partial charge is 0.341 e. The molecule has 4 heteroatoms. The van der Waals surface area contributed by atoms with Gasteiger partial charge in [-0.05, 0) is 25.2 Å². The van der Waals surface area contributed by atoms with E-state index in [1.165, 1.54) is 19.2 Å². The fourth-order valence-corrected chi connectivity index (χ4v) is 1.24. The van der Waals surface area contributed by atoms with Gasteiger partial charge in [0.15, 0.2) is 0 Å². The summed E-state index contributed by atoms with van der Waals surface area (Å²) in [7, 11) is 3.13. The summed E-state index contributed by atoms with van der Waals surface area (Å²) in [5, 5.41) is 12.5. The van der Waals surface area contributed by atoms with Crippen LogP contribution in [0.15, 0.2) is 18.2 Å². The van der Waals surface area contributed by atoms with Gasteiger partial charge in [-0.25, -0.2) is 4.79 Å². The number of hydrogen-bond donors (Lipinski definition) is 2. The van der Waals surface area contributed by atoms with Gasteiger partial charge >= 0.3 is 5.97 Å². The number of methoxy groups -OCH3 is 1. The van der Waals surface area contributed by atoms with Crippen molar-refractivity contribution in [2.45, 2.75) is 6.42 Å². The zero-order chi connectivity index (χ0) is 12.7. The topological polar surface area (TPSA) is 58.6 Å². The lowest BCUT2D eigenvalue weighted by Crippen LogP contribution is -2.05. The first-order chi connectivity index (χ1) is 8.19. The number of ether oxygens (including phenoxy) is 1. The van der Waals surface area contributed by atoms with E-state index in [0.29, 0.717) is 5.56 Å². The van der Waals surface area contributed by atoms with Crippen molar-refractivity contribution in [2.75, 3.05) is 20.7 Å². The molecule has 0 aliphatic heterocycles. The molecule has 0 spiro atoms. The molecular weight excluding hydrogens is 218 g/mol. The van der Waals surface area contributed by atoms with E-state index in [1.807, 2.05) is 7.05 Å². The summed E-state index contributed by atoms with van der Waals surface area (Å²) in [4.78, 5) is 11.3. The van der Waals surface area contributed by atoms with Crippen LogP contribution in [-0.4, -0.2) is 31.8 Å². The monoisotopic (exact) mass is 233 g/mol. The molecule has 0 amide bonds. The molecular formula is C13H15NO3. The van der Waals surface area contributed by atoms with Gasteiger partial charge in [0, 0.05) is 18.5 Å². The fourth-order valence-electron chi connectivity index (χ4n) is 1.24. The largest absolute Gasteiger partial charge is 0.507 e. The lowest BCUT2D eigenvalue weighted by Gasteiger charge is -2.02. The second kappa shape index (κ2) is 6.56. The first-order valence-electron chi connectivity index (χ1n) is 5.24. The van der Waals surface area contributed by atoms with Crippen LogP contribution in [0.5, 0.6) is 5.75 Å². The third-order valence-electron chi connectivity index (χ3n) is 2.13. The molecule has 0 unspecified atom stereocenters. The number of carbonyl (C=O) groups is 1. The summed E-state index contributed by atoms with van der Waals surface area (Å²) >= 11 is 0. The molecule has 4 nitrogen and oxygen atoms in total. The minimum absolute atomic E-state index is 0.0994. The van der Waals surface area contributed by atoms with E-state index in [9.17, 15) is 9.90 Å². The maximum absolute atomic E-state index is 11.3. The maximum Gasteiger partial charge on any atom is 0.341 e. The van der Waals surface area contributed by atoms with Gasteiger partial charge in [-0.3, -0.25) is 0 Å². The molecule has 0 heterocycles. The summed E-state index contributed by atoms with van der Waals surface area (Å²) < 4.78 is 4.56. The highest BCUT2D eigenvalue weighted by Gasteiger charge is 2.11. The second-order valence-corrected chi connectivity index (χ2v) is 3.38. The molecule has 0 atom stereocenters. The molecule has 0 aromatic heterocycles. The summed E-state index contributed by atoms with van der Waals surface area (Å²) in [6.07, 6.45) is 0.727. The summed E-state index contributed by atoms with van der Waals surface area (Å²) in [5.41, 5.74) is 0.812. The van der Waals surface area contributed by atoms with E-state index in [1.54, 1.807) is 6.07 Å². The predicted molar refractivity (Wildman–Crippen MR) is 64.9 cm³/mol. The van der Waals surface area contributed by atoms with Crippen LogP contribution in [0.3, 0.4) is 0 Å². The fraction of sp³-hybridized carbons (Fsp3) is 0.308. The van der Waals surface area contributed by atoms with Crippen LogP contribution in [0, 0.1) is 11.8 Å². The SMILES string of the molecule is CNCCC#Cc1ccc(O)c(C(=O)OC)c1. The van der Waals surface area contributed by atoms with E-state index in [4.69, 9.17) is 0 Å². The third kappa shape index (κ3) is 3.82. The summed E-state index contributed by atoms with van der Waals surface area (Å²) in [6.45, 7) is 0.814. The van der Waals surface area contributed by atoms with Crippen molar-refractivity contribution in [3.05, 3.63) is 29.3 Å². The quantitative estimate of drug-likeness (QED) is 0.467. The van der Waals surface area contributed by atoms with Gasteiger partial charge in [0.25, 0.3) is 0 Å². The van der Waals surface area contributed by atoms with E-state index >= 15 is 0 Å². The molecule has 17 heavy (non-hydrogen) atoms. The van der Waals surface area contributed by atoms with Crippen molar-refractivity contribution < 1.29 is 14.6 Å². The Hall–Kier alpha value is -1.99. The number of carbonyl (C=O) groups excluding carboxylic acids is 1. The average Bonchev–Trinajstić information content (AvgIpc) is 2.35. The minimum Gasteiger partial charge on any atom is -0.507 e. The summed E-state index contributed by atoms with van der Waals surface area (Å²) in [6, 6.07) is 4.62. The van der Waals surface area contributed by atoms with Crippen LogP contribution in [-0.2, 0) is 4.74 Å². The molecule has 0 bridgehead atoms. The molecule has 0 aliphatic carbocycles. The highest BCUT2D eigenvalue weighted by atomic mass is 16.5. The molecule has 0 aliphatic rings. The number of benzene rings is 1. The van der Waals surface area contributed by atoms with Crippen LogP contribution < -0.4 is 5.32 Å². The lowest BCUT2D eigenvalue weighted by molar-refractivity contribution is 0.0597. The molecule has 1 rings (SSSR count). The van der Waals surface area contributed by atoms with Gasteiger partial charge in [-0.1, -0.05) is 11.8 Å². The van der Waals surface area contributed by atoms with E-state index in [2.05, 4.69) is 21.9 Å². The maximum atomic E-state index is 11.3. The van der Waals surface area contributed by atoms with Crippen molar-refractivity contribution in [1.29, 1.82) is 0 Å². The average molecular weight is 233 g/mol. The molecule has 1 aromatic carbocycles. The predicted octanol–water partition coefficient (Wildman–Crippen LogP) is 1.14. The van der Waals surface area contributed by atoms with Crippen LogP contribution in [0.25, 0.3) is 0 Å². The zero-order valence-electron chi connectivity index (χ0n) is 9.91. The van der Waals surface area contributed by atoms with E-state index < -0.39 is 5.97 Å². The Morgan fingerprint density at radius 2 is 2.29 bits per heavy atom. The van der Waals surface area contributed by atoms with Crippen molar-refractivity contribution in [1.82, 2.24) is 5.32 Å². The molecule has 0 saturated heterocycles. The Kier molecular flexibility index (Phi) is 5.05. The minimum atomic E-state index is -0.568.